The quantitative estimate of drug-likeness (QED) is 0.724. The molecule has 2 nitrogen and oxygen atoms in total. The van der Waals surface area contributed by atoms with Gasteiger partial charge in [0, 0.05) is 12.6 Å². The van der Waals surface area contributed by atoms with Crippen LogP contribution in [-0.2, 0) is 6.42 Å². The van der Waals surface area contributed by atoms with Crippen LogP contribution in [0, 0.1) is 0 Å². The van der Waals surface area contributed by atoms with Gasteiger partial charge in [-0.05, 0) is 38.0 Å². The zero-order chi connectivity index (χ0) is 11.3. The van der Waals surface area contributed by atoms with Gasteiger partial charge in [0.05, 0.1) is 0 Å². The molecule has 15 heavy (non-hydrogen) atoms. The van der Waals surface area contributed by atoms with Crippen molar-refractivity contribution in [1.29, 1.82) is 0 Å². The number of phenols is 1. The van der Waals surface area contributed by atoms with Crippen molar-refractivity contribution in [2.75, 3.05) is 6.54 Å². The van der Waals surface area contributed by atoms with Crippen molar-refractivity contribution in [1.82, 2.24) is 5.32 Å². The van der Waals surface area contributed by atoms with E-state index in [0.29, 0.717) is 11.8 Å². The van der Waals surface area contributed by atoms with Crippen LogP contribution in [0.1, 0.15) is 19.4 Å². The van der Waals surface area contributed by atoms with Crippen molar-refractivity contribution in [3.63, 3.8) is 0 Å². The van der Waals surface area contributed by atoms with Crippen LogP contribution in [0.5, 0.6) is 5.75 Å². The molecule has 0 radical (unpaired) electrons. The van der Waals surface area contributed by atoms with E-state index in [-0.39, 0.29) is 0 Å². The molecule has 1 aromatic carbocycles. The third-order valence-electron chi connectivity index (χ3n) is 2.23. The second kappa shape index (κ2) is 5.56. The summed E-state index contributed by atoms with van der Waals surface area (Å²) < 4.78 is 0. The first-order valence-corrected chi connectivity index (χ1v) is 5.23. The second-order valence-electron chi connectivity index (χ2n) is 4.11. The summed E-state index contributed by atoms with van der Waals surface area (Å²) in [5, 5.41) is 12.5. The van der Waals surface area contributed by atoms with Gasteiger partial charge in [0.1, 0.15) is 5.75 Å². The lowest BCUT2D eigenvalue weighted by Gasteiger charge is -2.13. The molecule has 1 aromatic rings. The first kappa shape index (κ1) is 11.8. The molecule has 0 spiro atoms. The van der Waals surface area contributed by atoms with Crippen LogP contribution in [0.15, 0.2) is 36.4 Å². The van der Waals surface area contributed by atoms with Gasteiger partial charge >= 0.3 is 0 Å². The van der Waals surface area contributed by atoms with Crippen LogP contribution < -0.4 is 5.32 Å². The van der Waals surface area contributed by atoms with Crippen molar-refractivity contribution in [3.8, 4) is 5.75 Å². The summed E-state index contributed by atoms with van der Waals surface area (Å²) in [6.07, 6.45) is 0.966. The summed E-state index contributed by atoms with van der Waals surface area (Å²) in [5.74, 6) is 0.321. The fraction of sp³-hybridized carbons (Fsp3) is 0.385. The first-order valence-electron chi connectivity index (χ1n) is 5.23. The van der Waals surface area contributed by atoms with Gasteiger partial charge in [-0.1, -0.05) is 24.3 Å². The molecule has 0 saturated carbocycles. The number of nitrogens with one attached hydrogen (secondary N) is 1. The van der Waals surface area contributed by atoms with Gasteiger partial charge in [-0.2, -0.15) is 0 Å². The molecule has 0 aliphatic heterocycles. The molecule has 0 heterocycles. The fourth-order valence-corrected chi connectivity index (χ4v) is 1.41. The van der Waals surface area contributed by atoms with E-state index >= 15 is 0 Å². The second-order valence-corrected chi connectivity index (χ2v) is 4.11. The first-order chi connectivity index (χ1) is 7.08. The summed E-state index contributed by atoms with van der Waals surface area (Å²) >= 11 is 0. The van der Waals surface area contributed by atoms with Gasteiger partial charge in [-0.3, -0.25) is 0 Å². The maximum atomic E-state index is 9.14. The third-order valence-corrected chi connectivity index (χ3v) is 2.23. The predicted molar refractivity (Wildman–Crippen MR) is 64.1 cm³/mol. The summed E-state index contributed by atoms with van der Waals surface area (Å²) in [6, 6.07) is 7.77. The Bertz CT molecular complexity index is 316. The van der Waals surface area contributed by atoms with Gasteiger partial charge in [0.2, 0.25) is 0 Å². The summed E-state index contributed by atoms with van der Waals surface area (Å²) in [7, 11) is 0. The Hall–Kier alpha value is -1.28. The molecule has 0 aliphatic rings. The highest BCUT2D eigenvalue weighted by molar-refractivity contribution is 5.26. The van der Waals surface area contributed by atoms with Crippen LogP contribution in [0.3, 0.4) is 0 Å². The summed E-state index contributed by atoms with van der Waals surface area (Å²) in [5.41, 5.74) is 2.38. The van der Waals surface area contributed by atoms with E-state index in [1.807, 2.05) is 19.1 Å². The van der Waals surface area contributed by atoms with E-state index < -0.39 is 0 Å². The normalized spacial score (nSPS) is 12.4. The van der Waals surface area contributed by atoms with E-state index in [4.69, 9.17) is 5.11 Å². The molecule has 0 fully saturated rings. The Labute approximate surface area is 91.6 Å². The van der Waals surface area contributed by atoms with E-state index in [2.05, 4.69) is 18.8 Å². The molecule has 1 atom stereocenters. The molecule has 2 N–H and O–H groups in total. The Balaban J connectivity index is 2.40. The zero-order valence-corrected chi connectivity index (χ0v) is 9.46. The molecule has 0 amide bonds. The highest BCUT2D eigenvalue weighted by Crippen LogP contribution is 2.11. The van der Waals surface area contributed by atoms with Crippen molar-refractivity contribution in [2.45, 2.75) is 26.3 Å². The van der Waals surface area contributed by atoms with Gasteiger partial charge in [0.25, 0.3) is 0 Å². The van der Waals surface area contributed by atoms with Crippen molar-refractivity contribution >= 4 is 0 Å². The minimum absolute atomic E-state index is 0.321. The van der Waals surface area contributed by atoms with E-state index in [0.717, 1.165) is 18.5 Å². The van der Waals surface area contributed by atoms with Crippen LogP contribution in [-0.4, -0.2) is 17.7 Å². The summed E-state index contributed by atoms with van der Waals surface area (Å²) in [6.45, 7) is 8.87. The molecule has 0 bridgehead atoms. The van der Waals surface area contributed by atoms with Crippen LogP contribution in [0.25, 0.3) is 0 Å². The molecule has 0 aliphatic carbocycles. The molecule has 1 rings (SSSR count). The van der Waals surface area contributed by atoms with Crippen LogP contribution >= 0.6 is 0 Å². The standard InChI is InChI=1S/C13H19NO/c1-10(2)9-14-11(3)8-12-4-6-13(15)7-5-12/h4-7,11,14-15H,1,8-9H2,2-3H3. The Morgan fingerprint density at radius 1 is 1.40 bits per heavy atom. The minimum atomic E-state index is 0.321. The molecular weight excluding hydrogens is 186 g/mol. The highest BCUT2D eigenvalue weighted by atomic mass is 16.3. The van der Waals surface area contributed by atoms with Gasteiger partial charge < -0.3 is 10.4 Å². The Kier molecular flexibility index (Phi) is 4.37. The Morgan fingerprint density at radius 3 is 2.53 bits per heavy atom. The monoisotopic (exact) mass is 205 g/mol. The third kappa shape index (κ3) is 4.66. The Morgan fingerprint density at radius 2 is 2.00 bits per heavy atom. The maximum Gasteiger partial charge on any atom is 0.115 e. The lowest BCUT2D eigenvalue weighted by molar-refractivity contribution is 0.474. The highest BCUT2D eigenvalue weighted by Gasteiger charge is 2.02. The maximum absolute atomic E-state index is 9.14. The number of phenolic OH excluding ortho intramolecular Hbond substituents is 1. The number of benzene rings is 1. The topological polar surface area (TPSA) is 32.3 Å². The average Bonchev–Trinajstić information content (AvgIpc) is 2.19. The van der Waals surface area contributed by atoms with Crippen molar-refractivity contribution in [3.05, 3.63) is 42.0 Å². The SMILES string of the molecule is C=C(C)CNC(C)Cc1ccc(O)cc1. The fourth-order valence-electron chi connectivity index (χ4n) is 1.41. The van der Waals surface area contributed by atoms with Crippen molar-refractivity contribution < 1.29 is 5.11 Å². The van der Waals surface area contributed by atoms with Crippen molar-refractivity contribution in [2.24, 2.45) is 0 Å². The molecule has 2 heteroatoms. The van der Waals surface area contributed by atoms with Gasteiger partial charge in [-0.15, -0.1) is 0 Å². The average molecular weight is 205 g/mol. The van der Waals surface area contributed by atoms with E-state index in [1.165, 1.54) is 5.56 Å². The lowest BCUT2D eigenvalue weighted by atomic mass is 10.1. The molecule has 82 valence electrons. The van der Waals surface area contributed by atoms with Crippen LogP contribution in [0.2, 0.25) is 0 Å². The number of hydrogen-bond acceptors (Lipinski definition) is 2. The van der Waals surface area contributed by atoms with Gasteiger partial charge in [0.15, 0.2) is 0 Å². The largest absolute Gasteiger partial charge is 0.508 e. The number of aromatic hydroxyl groups is 1. The zero-order valence-electron chi connectivity index (χ0n) is 9.46. The van der Waals surface area contributed by atoms with Gasteiger partial charge in [-0.25, -0.2) is 0 Å². The number of hydrogen-bond donors (Lipinski definition) is 2. The molecular formula is C13H19NO. The number of rotatable bonds is 5. The smallest absolute Gasteiger partial charge is 0.115 e. The molecule has 1 unspecified atom stereocenters. The summed E-state index contributed by atoms with van der Waals surface area (Å²) in [4.78, 5) is 0. The van der Waals surface area contributed by atoms with Crippen LogP contribution in [0.4, 0.5) is 0 Å². The van der Waals surface area contributed by atoms with E-state index in [9.17, 15) is 0 Å². The predicted octanol–water partition coefficient (Wildman–Crippen LogP) is 2.49. The van der Waals surface area contributed by atoms with E-state index in [1.54, 1.807) is 12.1 Å². The molecule has 0 aromatic heterocycles. The lowest BCUT2D eigenvalue weighted by Crippen LogP contribution is -2.29. The molecule has 0 saturated heterocycles. The minimum Gasteiger partial charge on any atom is -0.508 e.